The van der Waals surface area contributed by atoms with E-state index in [2.05, 4.69) is 9.97 Å². The van der Waals surface area contributed by atoms with Crippen LogP contribution in [0.2, 0.25) is 0 Å². The molecule has 2 aromatic rings. The molecule has 0 aliphatic heterocycles. The Morgan fingerprint density at radius 2 is 2.17 bits per heavy atom. The lowest BCUT2D eigenvalue weighted by molar-refractivity contribution is 0.296. The van der Waals surface area contributed by atoms with E-state index in [9.17, 15) is 4.39 Å². The van der Waals surface area contributed by atoms with Gasteiger partial charge in [-0.25, -0.2) is 14.4 Å². The minimum Gasteiger partial charge on any atom is -0.494 e. The van der Waals surface area contributed by atoms with E-state index < -0.39 is 5.82 Å². The highest BCUT2D eigenvalue weighted by molar-refractivity contribution is 5.60. The van der Waals surface area contributed by atoms with Crippen molar-refractivity contribution in [3.8, 4) is 17.0 Å². The summed E-state index contributed by atoms with van der Waals surface area (Å²) >= 11 is 0. The lowest BCUT2D eigenvalue weighted by atomic mass is 10.1. The molecule has 0 atom stereocenters. The minimum atomic E-state index is -0.433. The number of nitrogens with zero attached hydrogens (tertiary/aromatic N) is 2. The summed E-state index contributed by atoms with van der Waals surface area (Å²) in [5.74, 6) is 0.298. The van der Waals surface area contributed by atoms with Crippen molar-refractivity contribution in [2.45, 2.75) is 6.42 Å². The first-order chi connectivity index (χ1) is 8.74. The van der Waals surface area contributed by atoms with Crippen LogP contribution < -0.4 is 4.74 Å². The van der Waals surface area contributed by atoms with Crippen molar-refractivity contribution in [2.24, 2.45) is 0 Å². The van der Waals surface area contributed by atoms with Gasteiger partial charge in [-0.15, -0.1) is 0 Å². The second kappa shape index (κ2) is 5.55. The van der Waals surface area contributed by atoms with Gasteiger partial charge in [0.15, 0.2) is 11.6 Å². The predicted molar refractivity (Wildman–Crippen MR) is 64.8 cm³/mol. The number of benzene rings is 1. The number of aliphatic hydroxyl groups excluding tert-OH is 1. The molecule has 5 heteroatoms. The van der Waals surface area contributed by atoms with Gasteiger partial charge in [-0.1, -0.05) is 0 Å². The quantitative estimate of drug-likeness (QED) is 0.896. The third kappa shape index (κ3) is 2.62. The van der Waals surface area contributed by atoms with Gasteiger partial charge in [-0.05, 0) is 24.3 Å². The maximum atomic E-state index is 13.6. The van der Waals surface area contributed by atoms with Crippen molar-refractivity contribution in [3.05, 3.63) is 42.1 Å². The first-order valence-electron chi connectivity index (χ1n) is 5.51. The van der Waals surface area contributed by atoms with E-state index in [4.69, 9.17) is 9.84 Å². The molecule has 1 aromatic carbocycles. The van der Waals surface area contributed by atoms with Gasteiger partial charge in [0.1, 0.15) is 5.82 Å². The first-order valence-corrected chi connectivity index (χ1v) is 5.51. The fourth-order valence-corrected chi connectivity index (χ4v) is 1.61. The van der Waals surface area contributed by atoms with Crippen molar-refractivity contribution >= 4 is 0 Å². The molecule has 0 aliphatic carbocycles. The molecule has 1 aromatic heterocycles. The van der Waals surface area contributed by atoms with Crippen LogP contribution in [0.4, 0.5) is 4.39 Å². The Labute approximate surface area is 104 Å². The van der Waals surface area contributed by atoms with Crippen molar-refractivity contribution in [2.75, 3.05) is 13.7 Å². The van der Waals surface area contributed by atoms with Crippen molar-refractivity contribution in [1.29, 1.82) is 0 Å². The van der Waals surface area contributed by atoms with Crippen molar-refractivity contribution < 1.29 is 14.2 Å². The highest BCUT2D eigenvalue weighted by atomic mass is 19.1. The molecule has 0 aliphatic rings. The Kier molecular flexibility index (Phi) is 3.84. The number of hydrogen-bond donors (Lipinski definition) is 1. The van der Waals surface area contributed by atoms with Crippen LogP contribution in [0.1, 0.15) is 5.82 Å². The Morgan fingerprint density at radius 3 is 2.83 bits per heavy atom. The van der Waals surface area contributed by atoms with Gasteiger partial charge in [0.2, 0.25) is 0 Å². The van der Waals surface area contributed by atoms with E-state index in [0.717, 1.165) is 0 Å². The van der Waals surface area contributed by atoms with Gasteiger partial charge in [0.25, 0.3) is 0 Å². The number of hydrogen-bond acceptors (Lipinski definition) is 4. The smallest absolute Gasteiger partial charge is 0.165 e. The maximum absolute atomic E-state index is 13.6. The molecule has 0 saturated heterocycles. The van der Waals surface area contributed by atoms with Crippen LogP contribution in [0.3, 0.4) is 0 Å². The van der Waals surface area contributed by atoms with Crippen LogP contribution in [-0.4, -0.2) is 28.8 Å². The number of rotatable bonds is 4. The Balaban J connectivity index is 2.36. The second-order valence-electron chi connectivity index (χ2n) is 3.68. The van der Waals surface area contributed by atoms with Gasteiger partial charge >= 0.3 is 0 Å². The number of halogens is 1. The zero-order chi connectivity index (χ0) is 13.0. The highest BCUT2D eigenvalue weighted by Crippen LogP contribution is 2.23. The molecule has 18 heavy (non-hydrogen) atoms. The number of aliphatic hydroxyl groups is 1. The summed E-state index contributed by atoms with van der Waals surface area (Å²) in [4.78, 5) is 8.27. The SMILES string of the molecule is COc1ccc(-c2ccnc(CCO)n2)cc1F. The Morgan fingerprint density at radius 1 is 1.33 bits per heavy atom. The van der Waals surface area contributed by atoms with Gasteiger partial charge < -0.3 is 9.84 Å². The van der Waals surface area contributed by atoms with Gasteiger partial charge in [0, 0.05) is 18.2 Å². The van der Waals surface area contributed by atoms with Crippen LogP contribution in [0.5, 0.6) is 5.75 Å². The van der Waals surface area contributed by atoms with Crippen LogP contribution in [-0.2, 0) is 6.42 Å². The summed E-state index contributed by atoms with van der Waals surface area (Å²) < 4.78 is 18.4. The van der Waals surface area contributed by atoms with E-state index in [-0.39, 0.29) is 12.4 Å². The molecule has 94 valence electrons. The normalized spacial score (nSPS) is 10.4. The maximum Gasteiger partial charge on any atom is 0.165 e. The van der Waals surface area contributed by atoms with E-state index in [0.29, 0.717) is 23.5 Å². The van der Waals surface area contributed by atoms with E-state index in [1.54, 1.807) is 24.4 Å². The van der Waals surface area contributed by atoms with Crippen molar-refractivity contribution in [3.63, 3.8) is 0 Å². The minimum absolute atomic E-state index is 0.0135. The molecular formula is C13H13FN2O2. The third-order valence-electron chi connectivity index (χ3n) is 2.49. The highest BCUT2D eigenvalue weighted by Gasteiger charge is 2.07. The molecular weight excluding hydrogens is 235 g/mol. The van der Waals surface area contributed by atoms with Crippen LogP contribution in [0, 0.1) is 5.82 Å². The van der Waals surface area contributed by atoms with Crippen molar-refractivity contribution in [1.82, 2.24) is 9.97 Å². The summed E-state index contributed by atoms with van der Waals surface area (Å²) in [5, 5.41) is 8.84. The van der Waals surface area contributed by atoms with Crippen LogP contribution in [0.25, 0.3) is 11.3 Å². The Bertz CT molecular complexity index is 546. The number of ether oxygens (including phenoxy) is 1. The standard InChI is InChI=1S/C13H13FN2O2/c1-18-12-3-2-9(8-10(12)14)11-4-6-15-13(16-11)5-7-17/h2-4,6,8,17H,5,7H2,1H3. The molecule has 1 N–H and O–H groups in total. The molecule has 4 nitrogen and oxygen atoms in total. The molecule has 0 spiro atoms. The molecule has 0 saturated carbocycles. The Hall–Kier alpha value is -2.01. The molecule has 0 bridgehead atoms. The number of aromatic nitrogens is 2. The average Bonchev–Trinajstić information content (AvgIpc) is 2.39. The van der Waals surface area contributed by atoms with Crippen LogP contribution >= 0.6 is 0 Å². The average molecular weight is 248 g/mol. The van der Waals surface area contributed by atoms with E-state index >= 15 is 0 Å². The van der Waals surface area contributed by atoms with Gasteiger partial charge in [0.05, 0.1) is 19.4 Å². The van der Waals surface area contributed by atoms with Crippen LogP contribution in [0.15, 0.2) is 30.5 Å². The monoisotopic (exact) mass is 248 g/mol. The lowest BCUT2D eigenvalue weighted by Gasteiger charge is -2.05. The summed E-state index contributed by atoms with van der Waals surface area (Å²) in [6, 6.07) is 6.34. The first kappa shape index (κ1) is 12.4. The van der Waals surface area contributed by atoms with Gasteiger partial charge in [-0.2, -0.15) is 0 Å². The second-order valence-corrected chi connectivity index (χ2v) is 3.68. The molecule has 1 heterocycles. The molecule has 0 radical (unpaired) electrons. The summed E-state index contributed by atoms with van der Waals surface area (Å²) in [5.41, 5.74) is 1.27. The fourth-order valence-electron chi connectivity index (χ4n) is 1.61. The number of methoxy groups -OCH3 is 1. The predicted octanol–water partition coefficient (Wildman–Crippen LogP) is 1.83. The zero-order valence-corrected chi connectivity index (χ0v) is 9.93. The summed E-state index contributed by atoms with van der Waals surface area (Å²) in [7, 11) is 1.42. The van der Waals surface area contributed by atoms with E-state index in [1.807, 2.05) is 0 Å². The van der Waals surface area contributed by atoms with Gasteiger partial charge in [-0.3, -0.25) is 0 Å². The molecule has 0 fully saturated rings. The van der Waals surface area contributed by atoms with E-state index in [1.165, 1.54) is 13.2 Å². The fraction of sp³-hybridized carbons (Fsp3) is 0.231. The molecule has 2 rings (SSSR count). The lowest BCUT2D eigenvalue weighted by Crippen LogP contribution is -1.99. The largest absolute Gasteiger partial charge is 0.494 e. The topological polar surface area (TPSA) is 55.2 Å². The third-order valence-corrected chi connectivity index (χ3v) is 2.49. The summed E-state index contributed by atoms with van der Waals surface area (Å²) in [6.45, 7) is -0.0135. The zero-order valence-electron chi connectivity index (χ0n) is 9.93. The summed E-state index contributed by atoms with van der Waals surface area (Å²) in [6.07, 6.45) is 1.97. The molecule has 0 amide bonds. The molecule has 0 unspecified atom stereocenters.